The van der Waals surface area contributed by atoms with Crippen molar-refractivity contribution in [1.82, 2.24) is 9.80 Å². The lowest BCUT2D eigenvalue weighted by molar-refractivity contribution is -0.134. The molecule has 1 amide bonds. The largest absolute Gasteiger partial charge is 0.393 e. The first-order valence-electron chi connectivity index (χ1n) is 6.97. The lowest BCUT2D eigenvalue weighted by Gasteiger charge is -2.31. The zero-order valence-electron chi connectivity index (χ0n) is 12.0. The maximum atomic E-state index is 12.1. The normalized spacial score (nSPS) is 17.6. The van der Waals surface area contributed by atoms with Gasteiger partial charge in [-0.3, -0.25) is 9.69 Å². The zero-order valence-corrected chi connectivity index (χ0v) is 12.0. The summed E-state index contributed by atoms with van der Waals surface area (Å²) in [5.41, 5.74) is 0. The van der Waals surface area contributed by atoms with E-state index < -0.39 is 0 Å². The van der Waals surface area contributed by atoms with Crippen LogP contribution < -0.4 is 0 Å². The smallest absolute Gasteiger partial charge is 0.236 e. The predicted octanol–water partition coefficient (Wildman–Crippen LogP) is 0.345. The maximum Gasteiger partial charge on any atom is 0.236 e. The molecule has 1 atom stereocenters. The van der Waals surface area contributed by atoms with Crippen LogP contribution in [0.15, 0.2) is 0 Å². The van der Waals surface area contributed by atoms with Crippen molar-refractivity contribution >= 4 is 5.91 Å². The number of nitriles is 2. The van der Waals surface area contributed by atoms with Crippen LogP contribution in [0.1, 0.15) is 25.7 Å². The summed E-state index contributed by atoms with van der Waals surface area (Å²) in [6.45, 7) is 1.98. The molecule has 0 aromatic rings. The third-order valence-corrected chi connectivity index (χ3v) is 3.54. The van der Waals surface area contributed by atoms with Crippen LogP contribution in [-0.2, 0) is 4.79 Å². The monoisotopic (exact) mass is 278 g/mol. The number of likely N-dealkylation sites (tertiary alicyclic amines) is 1. The van der Waals surface area contributed by atoms with Crippen LogP contribution in [0.2, 0.25) is 0 Å². The molecule has 1 heterocycles. The van der Waals surface area contributed by atoms with Gasteiger partial charge in [-0.05, 0) is 26.3 Å². The van der Waals surface area contributed by atoms with E-state index in [9.17, 15) is 9.90 Å². The van der Waals surface area contributed by atoms with E-state index in [0.717, 1.165) is 0 Å². The van der Waals surface area contributed by atoms with Gasteiger partial charge in [0.05, 0.1) is 30.7 Å². The van der Waals surface area contributed by atoms with Gasteiger partial charge in [0, 0.05) is 26.1 Å². The van der Waals surface area contributed by atoms with Crippen molar-refractivity contribution in [2.45, 2.75) is 31.8 Å². The Balaban J connectivity index is 2.34. The highest BCUT2D eigenvalue weighted by Crippen LogP contribution is 2.11. The van der Waals surface area contributed by atoms with Gasteiger partial charge in [0.15, 0.2) is 0 Å². The van der Waals surface area contributed by atoms with Gasteiger partial charge in [-0.1, -0.05) is 0 Å². The summed E-state index contributed by atoms with van der Waals surface area (Å²) in [7, 11) is 1.81. The Morgan fingerprint density at radius 2 is 2.10 bits per heavy atom. The lowest BCUT2D eigenvalue weighted by Crippen LogP contribution is -2.45. The number of carbonyl (C=O) groups is 1. The fourth-order valence-electron chi connectivity index (χ4n) is 2.32. The molecule has 1 aliphatic rings. The van der Waals surface area contributed by atoms with Gasteiger partial charge < -0.3 is 10.0 Å². The van der Waals surface area contributed by atoms with Gasteiger partial charge >= 0.3 is 0 Å². The van der Waals surface area contributed by atoms with Gasteiger partial charge in [-0.25, -0.2) is 0 Å². The molecule has 0 aromatic carbocycles. The van der Waals surface area contributed by atoms with Crippen molar-refractivity contribution in [3.8, 4) is 12.1 Å². The summed E-state index contributed by atoms with van der Waals surface area (Å²) in [5.74, 6) is -0.174. The third kappa shape index (κ3) is 5.56. The van der Waals surface area contributed by atoms with Crippen molar-refractivity contribution in [3.63, 3.8) is 0 Å². The van der Waals surface area contributed by atoms with Gasteiger partial charge in [0.25, 0.3) is 0 Å². The molecule has 20 heavy (non-hydrogen) atoms. The van der Waals surface area contributed by atoms with Gasteiger partial charge in [-0.15, -0.1) is 0 Å². The second kappa shape index (κ2) is 8.52. The molecule has 1 fully saturated rings. The number of piperidine rings is 1. The van der Waals surface area contributed by atoms with E-state index in [1.165, 1.54) is 0 Å². The molecular weight excluding hydrogens is 256 g/mol. The minimum atomic E-state index is -0.286. The van der Waals surface area contributed by atoms with E-state index >= 15 is 0 Å². The highest BCUT2D eigenvalue weighted by molar-refractivity contribution is 5.78. The van der Waals surface area contributed by atoms with Gasteiger partial charge in [-0.2, -0.15) is 10.5 Å². The standard InChI is InChI=1S/C14H22N4O2/c1-17(10-12(9-16)3-2-6-15)11-14(20)18-7-4-13(19)5-8-18/h12-13,19H,2-5,7-8,10-11H2,1H3. The SMILES string of the molecule is CN(CC(=O)N1CCC(O)CC1)CC(C#N)CCC#N. The Bertz CT molecular complexity index is 391. The van der Waals surface area contributed by atoms with E-state index in [1.54, 1.807) is 4.90 Å². The summed E-state index contributed by atoms with van der Waals surface area (Å²) >= 11 is 0. The Morgan fingerprint density at radius 3 is 2.65 bits per heavy atom. The average molecular weight is 278 g/mol. The molecule has 0 aliphatic carbocycles. The fourth-order valence-corrected chi connectivity index (χ4v) is 2.32. The molecule has 0 aromatic heterocycles. The highest BCUT2D eigenvalue weighted by atomic mass is 16.3. The van der Waals surface area contributed by atoms with Crippen LogP contribution in [0.5, 0.6) is 0 Å². The highest BCUT2D eigenvalue weighted by Gasteiger charge is 2.22. The van der Waals surface area contributed by atoms with Gasteiger partial charge in [0.2, 0.25) is 5.91 Å². The van der Waals surface area contributed by atoms with Crippen molar-refractivity contribution in [2.24, 2.45) is 5.92 Å². The number of likely N-dealkylation sites (N-methyl/N-ethyl adjacent to an activating group) is 1. The van der Waals surface area contributed by atoms with Crippen molar-refractivity contribution in [3.05, 3.63) is 0 Å². The van der Waals surface area contributed by atoms with Gasteiger partial charge in [0.1, 0.15) is 0 Å². The number of hydrogen-bond acceptors (Lipinski definition) is 5. The molecule has 0 radical (unpaired) electrons. The van der Waals surface area contributed by atoms with Crippen LogP contribution in [-0.4, -0.2) is 60.1 Å². The Morgan fingerprint density at radius 1 is 1.45 bits per heavy atom. The van der Waals surface area contributed by atoms with Crippen LogP contribution >= 0.6 is 0 Å². The van der Waals surface area contributed by atoms with E-state index in [1.807, 2.05) is 18.0 Å². The molecule has 6 heteroatoms. The Hall–Kier alpha value is -1.63. The quantitative estimate of drug-likeness (QED) is 0.756. The number of nitrogens with zero attached hydrogens (tertiary/aromatic N) is 4. The summed E-state index contributed by atoms with van der Waals surface area (Å²) < 4.78 is 0. The minimum absolute atomic E-state index is 0.0383. The molecule has 0 spiro atoms. The lowest BCUT2D eigenvalue weighted by atomic mass is 10.1. The molecule has 0 saturated carbocycles. The van der Waals surface area contributed by atoms with E-state index in [0.29, 0.717) is 45.3 Å². The number of aliphatic hydroxyl groups is 1. The summed E-state index contributed by atoms with van der Waals surface area (Å²) in [6.07, 6.45) is 1.90. The number of hydrogen-bond donors (Lipinski definition) is 1. The van der Waals surface area contributed by atoms with Crippen LogP contribution in [0.3, 0.4) is 0 Å². The molecule has 1 rings (SSSR count). The molecule has 1 aliphatic heterocycles. The predicted molar refractivity (Wildman–Crippen MR) is 73.3 cm³/mol. The summed E-state index contributed by atoms with van der Waals surface area (Å²) in [5, 5.41) is 26.9. The molecular formula is C14H22N4O2. The topological polar surface area (TPSA) is 91.4 Å². The minimum Gasteiger partial charge on any atom is -0.393 e. The first kappa shape index (κ1) is 16.4. The molecule has 1 N–H and O–H groups in total. The first-order chi connectivity index (χ1) is 9.56. The molecule has 110 valence electrons. The maximum absolute atomic E-state index is 12.1. The number of rotatable bonds is 6. The molecule has 1 saturated heterocycles. The number of amides is 1. The number of aliphatic hydroxyl groups excluding tert-OH is 1. The van der Waals surface area contributed by atoms with Crippen LogP contribution in [0.4, 0.5) is 0 Å². The Labute approximate surface area is 120 Å². The first-order valence-corrected chi connectivity index (χ1v) is 6.97. The van der Waals surface area contributed by atoms with Crippen molar-refractivity contribution < 1.29 is 9.90 Å². The number of carbonyl (C=O) groups excluding carboxylic acids is 1. The van der Waals surface area contributed by atoms with Crippen molar-refractivity contribution in [1.29, 1.82) is 10.5 Å². The molecule has 0 bridgehead atoms. The fraction of sp³-hybridized carbons (Fsp3) is 0.786. The Kier molecular flexibility index (Phi) is 7.00. The molecule has 1 unspecified atom stereocenters. The zero-order chi connectivity index (χ0) is 15.0. The van der Waals surface area contributed by atoms with Crippen LogP contribution in [0, 0.1) is 28.6 Å². The second-order valence-corrected chi connectivity index (χ2v) is 5.33. The third-order valence-electron chi connectivity index (χ3n) is 3.54. The van der Waals surface area contributed by atoms with Crippen LogP contribution in [0.25, 0.3) is 0 Å². The molecule has 6 nitrogen and oxygen atoms in total. The summed E-state index contributed by atoms with van der Waals surface area (Å²) in [4.78, 5) is 15.7. The average Bonchev–Trinajstić information content (AvgIpc) is 2.43. The summed E-state index contributed by atoms with van der Waals surface area (Å²) in [6, 6.07) is 4.21. The second-order valence-electron chi connectivity index (χ2n) is 5.33. The van der Waals surface area contributed by atoms with Crippen molar-refractivity contribution in [2.75, 3.05) is 33.2 Å². The van der Waals surface area contributed by atoms with E-state index in [4.69, 9.17) is 10.5 Å². The van der Waals surface area contributed by atoms with E-state index in [2.05, 4.69) is 6.07 Å². The van der Waals surface area contributed by atoms with E-state index in [-0.39, 0.29) is 24.5 Å².